The van der Waals surface area contributed by atoms with Gasteiger partial charge in [-0.2, -0.15) is 0 Å². The van der Waals surface area contributed by atoms with Crippen molar-refractivity contribution < 1.29 is 14.4 Å². The number of imide groups is 1. The largest absolute Gasteiger partial charge is 0.359 e. The van der Waals surface area contributed by atoms with Gasteiger partial charge in [-0.15, -0.1) is 0 Å². The molecule has 1 aliphatic heterocycles. The molecule has 0 spiro atoms. The maximum atomic E-state index is 11.1. The Morgan fingerprint density at radius 1 is 1.13 bits per heavy atom. The highest BCUT2D eigenvalue weighted by Crippen LogP contribution is 2.06. The molecule has 15 heavy (non-hydrogen) atoms. The lowest BCUT2D eigenvalue weighted by Gasteiger charge is -2.12. The average molecular weight is 210 g/mol. The van der Waals surface area contributed by atoms with Gasteiger partial charge in [0.25, 0.3) is 11.8 Å². The third-order valence-corrected chi connectivity index (χ3v) is 2.19. The molecular weight excluding hydrogens is 196 g/mol. The van der Waals surface area contributed by atoms with Gasteiger partial charge in [0.05, 0.1) is 0 Å². The SMILES string of the molecule is O=CNCCCCCN1C(=O)C=CC1=O. The van der Waals surface area contributed by atoms with E-state index in [0.717, 1.165) is 19.3 Å². The van der Waals surface area contributed by atoms with E-state index in [1.54, 1.807) is 0 Å². The first kappa shape index (κ1) is 11.4. The Labute approximate surface area is 88.1 Å². The molecule has 0 bridgehead atoms. The fourth-order valence-corrected chi connectivity index (χ4v) is 1.38. The normalized spacial score (nSPS) is 14.8. The number of carbonyl (C=O) groups is 3. The average Bonchev–Trinajstić information content (AvgIpc) is 2.54. The van der Waals surface area contributed by atoms with Crippen LogP contribution in [0.25, 0.3) is 0 Å². The van der Waals surface area contributed by atoms with E-state index in [1.165, 1.54) is 17.1 Å². The number of hydrogen-bond donors (Lipinski definition) is 1. The molecule has 0 atom stereocenters. The van der Waals surface area contributed by atoms with Crippen LogP contribution in [0.15, 0.2) is 12.2 Å². The van der Waals surface area contributed by atoms with Gasteiger partial charge < -0.3 is 5.32 Å². The van der Waals surface area contributed by atoms with E-state index >= 15 is 0 Å². The lowest BCUT2D eigenvalue weighted by Crippen LogP contribution is -2.30. The summed E-state index contributed by atoms with van der Waals surface area (Å²) >= 11 is 0. The molecule has 0 saturated carbocycles. The number of carbonyl (C=O) groups excluding carboxylic acids is 3. The molecule has 3 amide bonds. The van der Waals surface area contributed by atoms with Crippen LogP contribution in [0.4, 0.5) is 0 Å². The van der Waals surface area contributed by atoms with E-state index in [4.69, 9.17) is 0 Å². The second-order valence-corrected chi connectivity index (χ2v) is 3.29. The van der Waals surface area contributed by atoms with Gasteiger partial charge in [0.15, 0.2) is 0 Å². The summed E-state index contributed by atoms with van der Waals surface area (Å²) in [5.74, 6) is -0.461. The van der Waals surface area contributed by atoms with Crippen molar-refractivity contribution in [2.24, 2.45) is 0 Å². The molecule has 0 aromatic rings. The highest BCUT2D eigenvalue weighted by atomic mass is 16.2. The first-order valence-corrected chi connectivity index (χ1v) is 4.96. The third kappa shape index (κ3) is 3.53. The Hall–Kier alpha value is -1.65. The van der Waals surface area contributed by atoms with Crippen LogP contribution >= 0.6 is 0 Å². The molecule has 1 rings (SSSR count). The number of amides is 3. The Balaban J connectivity index is 2.08. The minimum Gasteiger partial charge on any atom is -0.359 e. The van der Waals surface area contributed by atoms with Gasteiger partial charge in [-0.1, -0.05) is 0 Å². The van der Waals surface area contributed by atoms with Crippen molar-refractivity contribution >= 4 is 18.2 Å². The van der Waals surface area contributed by atoms with E-state index in [-0.39, 0.29) is 11.8 Å². The van der Waals surface area contributed by atoms with Crippen LogP contribution in [-0.2, 0) is 14.4 Å². The minimum absolute atomic E-state index is 0.231. The molecule has 0 fully saturated rings. The van der Waals surface area contributed by atoms with Gasteiger partial charge >= 0.3 is 0 Å². The van der Waals surface area contributed by atoms with E-state index in [9.17, 15) is 14.4 Å². The molecule has 0 unspecified atom stereocenters. The Bertz CT molecular complexity index is 268. The Morgan fingerprint density at radius 3 is 2.40 bits per heavy atom. The Kier molecular flexibility index (Phi) is 4.53. The molecule has 1 aliphatic rings. The van der Waals surface area contributed by atoms with Crippen LogP contribution in [0.2, 0.25) is 0 Å². The number of hydrogen-bond acceptors (Lipinski definition) is 3. The molecule has 5 nitrogen and oxygen atoms in total. The predicted octanol–water partition coefficient (Wildman–Crippen LogP) is -0.172. The van der Waals surface area contributed by atoms with E-state index in [0.29, 0.717) is 19.5 Å². The topological polar surface area (TPSA) is 66.5 Å². The maximum Gasteiger partial charge on any atom is 0.253 e. The summed E-state index contributed by atoms with van der Waals surface area (Å²) in [5, 5.41) is 2.55. The molecule has 1 N–H and O–H groups in total. The van der Waals surface area contributed by atoms with Crippen LogP contribution in [0.5, 0.6) is 0 Å². The monoisotopic (exact) mass is 210 g/mol. The van der Waals surface area contributed by atoms with Gasteiger partial charge in [0, 0.05) is 25.2 Å². The number of unbranched alkanes of at least 4 members (excludes halogenated alkanes) is 2. The molecule has 82 valence electrons. The summed E-state index contributed by atoms with van der Waals surface area (Å²) in [6.07, 6.45) is 5.77. The van der Waals surface area contributed by atoms with Gasteiger partial charge in [0.2, 0.25) is 6.41 Å². The second kappa shape index (κ2) is 5.95. The molecule has 0 aromatic carbocycles. The molecular formula is C10H14N2O3. The van der Waals surface area contributed by atoms with E-state index < -0.39 is 0 Å². The minimum atomic E-state index is -0.231. The third-order valence-electron chi connectivity index (χ3n) is 2.19. The van der Waals surface area contributed by atoms with Gasteiger partial charge in [-0.05, 0) is 19.3 Å². The highest BCUT2D eigenvalue weighted by molar-refractivity contribution is 6.12. The first-order chi connectivity index (χ1) is 7.25. The van der Waals surface area contributed by atoms with Crippen molar-refractivity contribution in [1.29, 1.82) is 0 Å². The summed E-state index contributed by atoms with van der Waals surface area (Å²) in [7, 11) is 0. The first-order valence-electron chi connectivity index (χ1n) is 4.96. The van der Waals surface area contributed by atoms with Crippen molar-refractivity contribution in [2.45, 2.75) is 19.3 Å². The summed E-state index contributed by atoms with van der Waals surface area (Å²) in [6.45, 7) is 1.11. The van der Waals surface area contributed by atoms with Crippen molar-refractivity contribution in [3.8, 4) is 0 Å². The number of nitrogens with zero attached hydrogens (tertiary/aromatic N) is 1. The van der Waals surface area contributed by atoms with Gasteiger partial charge in [0.1, 0.15) is 0 Å². The molecule has 0 radical (unpaired) electrons. The van der Waals surface area contributed by atoms with Crippen molar-refractivity contribution in [1.82, 2.24) is 10.2 Å². The van der Waals surface area contributed by atoms with E-state index in [2.05, 4.69) is 5.32 Å². The van der Waals surface area contributed by atoms with Crippen molar-refractivity contribution in [2.75, 3.05) is 13.1 Å². The summed E-state index contributed by atoms with van der Waals surface area (Å²) in [6, 6.07) is 0. The van der Waals surface area contributed by atoms with Crippen LogP contribution < -0.4 is 5.32 Å². The summed E-state index contributed by atoms with van der Waals surface area (Å²) in [4.78, 5) is 33.4. The lowest BCUT2D eigenvalue weighted by atomic mass is 10.2. The summed E-state index contributed by atoms with van der Waals surface area (Å²) in [5.41, 5.74) is 0. The zero-order valence-electron chi connectivity index (χ0n) is 8.44. The second-order valence-electron chi connectivity index (χ2n) is 3.29. The molecule has 1 heterocycles. The molecule has 5 heteroatoms. The van der Waals surface area contributed by atoms with Crippen molar-refractivity contribution in [3.05, 3.63) is 12.2 Å². The predicted molar refractivity (Wildman–Crippen MR) is 53.8 cm³/mol. The molecule has 0 aromatic heterocycles. The van der Waals surface area contributed by atoms with E-state index in [1.807, 2.05) is 0 Å². The number of nitrogens with one attached hydrogen (secondary N) is 1. The van der Waals surface area contributed by atoms with Crippen LogP contribution in [0.1, 0.15) is 19.3 Å². The zero-order valence-corrected chi connectivity index (χ0v) is 8.44. The Morgan fingerprint density at radius 2 is 1.80 bits per heavy atom. The number of rotatable bonds is 7. The van der Waals surface area contributed by atoms with Crippen LogP contribution in [-0.4, -0.2) is 36.2 Å². The quantitative estimate of drug-likeness (QED) is 0.360. The highest BCUT2D eigenvalue weighted by Gasteiger charge is 2.21. The van der Waals surface area contributed by atoms with Gasteiger partial charge in [-0.3, -0.25) is 19.3 Å². The molecule has 0 saturated heterocycles. The van der Waals surface area contributed by atoms with Gasteiger partial charge in [-0.25, -0.2) is 0 Å². The smallest absolute Gasteiger partial charge is 0.253 e. The van der Waals surface area contributed by atoms with Crippen molar-refractivity contribution in [3.63, 3.8) is 0 Å². The van der Waals surface area contributed by atoms with Crippen LogP contribution in [0.3, 0.4) is 0 Å². The lowest BCUT2D eigenvalue weighted by molar-refractivity contribution is -0.136. The maximum absolute atomic E-state index is 11.1. The standard InChI is InChI=1S/C10H14N2O3/c13-8-11-6-2-1-3-7-12-9(14)4-5-10(12)15/h4-5,8H,1-3,6-7H2,(H,11,13). The molecule has 0 aliphatic carbocycles. The fourth-order valence-electron chi connectivity index (χ4n) is 1.38. The fraction of sp³-hybridized carbons (Fsp3) is 0.500. The van der Waals surface area contributed by atoms with Crippen LogP contribution in [0, 0.1) is 0 Å². The summed E-state index contributed by atoms with van der Waals surface area (Å²) < 4.78 is 0. The zero-order chi connectivity index (χ0) is 11.1.